The van der Waals surface area contributed by atoms with Crippen molar-refractivity contribution >= 4 is 11.8 Å². The summed E-state index contributed by atoms with van der Waals surface area (Å²) in [6.07, 6.45) is 3.33. The molecule has 0 spiro atoms. The van der Waals surface area contributed by atoms with Crippen molar-refractivity contribution in [1.82, 2.24) is 15.1 Å². The van der Waals surface area contributed by atoms with Crippen molar-refractivity contribution in [1.29, 1.82) is 0 Å². The molecule has 2 heterocycles. The molecule has 1 N–H and O–H groups in total. The number of aryl methyl sites for hydroxylation is 2. The predicted octanol–water partition coefficient (Wildman–Crippen LogP) is 1.95. The van der Waals surface area contributed by atoms with Crippen LogP contribution in [0.2, 0.25) is 0 Å². The van der Waals surface area contributed by atoms with Gasteiger partial charge in [-0.3, -0.25) is 19.6 Å². The summed E-state index contributed by atoms with van der Waals surface area (Å²) in [5.74, 6) is -0.371. The average Bonchev–Trinajstić information content (AvgIpc) is 2.97. The number of amides is 2. The topological polar surface area (TPSA) is 66.1 Å². The Morgan fingerprint density at radius 2 is 1.80 bits per heavy atom. The molecular weight excluding hydrogens is 254 g/mol. The van der Waals surface area contributed by atoms with Crippen LogP contribution in [0.25, 0.3) is 0 Å². The molecule has 0 unspecified atom stereocenters. The Morgan fingerprint density at radius 3 is 2.35 bits per heavy atom. The molecule has 1 aromatic heterocycles. The number of carbonyl (C=O) groups excluding carboxylic acids is 2. The van der Waals surface area contributed by atoms with E-state index in [1.165, 1.54) is 4.90 Å². The van der Waals surface area contributed by atoms with Gasteiger partial charge < -0.3 is 0 Å². The van der Waals surface area contributed by atoms with Crippen LogP contribution < -0.4 is 0 Å². The third kappa shape index (κ3) is 2.01. The van der Waals surface area contributed by atoms with Crippen LogP contribution in [0, 0.1) is 6.92 Å². The molecule has 1 aliphatic rings. The molecule has 0 saturated carbocycles. The fraction of sp³-hybridized carbons (Fsp3) is 0.267. The summed E-state index contributed by atoms with van der Waals surface area (Å²) in [5, 5.41) is 6.84. The molecule has 0 radical (unpaired) electrons. The number of H-pyrrole nitrogens is 1. The molecule has 2 amide bonds. The Labute approximate surface area is 116 Å². The number of aromatic nitrogens is 2. The number of fused-ring (bicyclic) bond motifs is 1. The molecule has 1 aliphatic heterocycles. The molecule has 0 aliphatic carbocycles. The zero-order chi connectivity index (χ0) is 14.1. The molecular formula is C15H15N3O2. The molecule has 5 heteroatoms. The standard InChI is InChI=1S/C15H15N3O2/c1-10-11(9-16-17-10)5-4-8-18-14(19)12-6-2-3-7-13(12)15(18)20/h2-3,6-7,9H,4-5,8H2,1H3,(H,16,17). The lowest BCUT2D eigenvalue weighted by Gasteiger charge is -2.13. The van der Waals surface area contributed by atoms with Crippen LogP contribution in [-0.4, -0.2) is 33.5 Å². The monoisotopic (exact) mass is 269 g/mol. The fourth-order valence-electron chi connectivity index (χ4n) is 2.50. The van der Waals surface area contributed by atoms with Crippen molar-refractivity contribution in [3.05, 3.63) is 52.8 Å². The largest absolute Gasteiger partial charge is 0.283 e. The first-order valence-corrected chi connectivity index (χ1v) is 6.62. The number of hydrogen-bond acceptors (Lipinski definition) is 3. The molecule has 20 heavy (non-hydrogen) atoms. The van der Waals surface area contributed by atoms with Gasteiger partial charge in [0.2, 0.25) is 0 Å². The maximum atomic E-state index is 12.2. The van der Waals surface area contributed by atoms with E-state index in [4.69, 9.17) is 0 Å². The normalized spacial score (nSPS) is 13.9. The Balaban J connectivity index is 1.67. The molecule has 0 saturated heterocycles. The van der Waals surface area contributed by atoms with E-state index >= 15 is 0 Å². The van der Waals surface area contributed by atoms with E-state index in [-0.39, 0.29) is 11.8 Å². The van der Waals surface area contributed by atoms with Gasteiger partial charge in [-0.05, 0) is 37.5 Å². The lowest BCUT2D eigenvalue weighted by molar-refractivity contribution is 0.0652. The predicted molar refractivity (Wildman–Crippen MR) is 73.5 cm³/mol. The van der Waals surface area contributed by atoms with Gasteiger partial charge in [-0.15, -0.1) is 0 Å². The first-order valence-electron chi connectivity index (χ1n) is 6.62. The van der Waals surface area contributed by atoms with E-state index in [9.17, 15) is 9.59 Å². The van der Waals surface area contributed by atoms with Gasteiger partial charge >= 0.3 is 0 Å². The molecule has 0 bridgehead atoms. The molecule has 1 aromatic carbocycles. The molecule has 102 valence electrons. The smallest absolute Gasteiger partial charge is 0.261 e. The Morgan fingerprint density at radius 1 is 1.15 bits per heavy atom. The van der Waals surface area contributed by atoms with Crippen LogP contribution in [0.5, 0.6) is 0 Å². The Kier molecular flexibility index (Phi) is 3.10. The van der Waals surface area contributed by atoms with Gasteiger partial charge in [0.05, 0.1) is 17.3 Å². The molecule has 0 atom stereocenters. The van der Waals surface area contributed by atoms with Crippen molar-refractivity contribution in [3.8, 4) is 0 Å². The summed E-state index contributed by atoms with van der Waals surface area (Å²) < 4.78 is 0. The van der Waals surface area contributed by atoms with E-state index in [1.54, 1.807) is 30.5 Å². The molecule has 5 nitrogen and oxygen atoms in total. The lowest BCUT2D eigenvalue weighted by atomic mass is 10.1. The third-order valence-electron chi connectivity index (χ3n) is 3.64. The van der Waals surface area contributed by atoms with Crippen LogP contribution in [0.4, 0.5) is 0 Å². The summed E-state index contributed by atoms with van der Waals surface area (Å²) in [4.78, 5) is 25.6. The van der Waals surface area contributed by atoms with Crippen LogP contribution in [0.1, 0.15) is 38.4 Å². The summed E-state index contributed by atoms with van der Waals surface area (Å²) in [6.45, 7) is 2.40. The Hall–Kier alpha value is -2.43. The summed E-state index contributed by atoms with van der Waals surface area (Å²) in [5.41, 5.74) is 3.18. The molecule has 2 aromatic rings. The highest BCUT2D eigenvalue weighted by atomic mass is 16.2. The van der Waals surface area contributed by atoms with Crippen LogP contribution in [0.3, 0.4) is 0 Å². The zero-order valence-electron chi connectivity index (χ0n) is 11.2. The van der Waals surface area contributed by atoms with Crippen LogP contribution in [0.15, 0.2) is 30.5 Å². The lowest BCUT2D eigenvalue weighted by Crippen LogP contribution is -2.30. The number of carbonyl (C=O) groups is 2. The highest BCUT2D eigenvalue weighted by molar-refractivity contribution is 6.21. The number of nitrogens with one attached hydrogen (secondary N) is 1. The number of imide groups is 1. The number of rotatable bonds is 4. The van der Waals surface area contributed by atoms with Crippen molar-refractivity contribution in [2.24, 2.45) is 0 Å². The highest BCUT2D eigenvalue weighted by Crippen LogP contribution is 2.22. The minimum atomic E-state index is -0.186. The van der Waals surface area contributed by atoms with E-state index in [0.29, 0.717) is 17.7 Å². The third-order valence-corrected chi connectivity index (χ3v) is 3.64. The number of nitrogens with zero attached hydrogens (tertiary/aromatic N) is 2. The van der Waals surface area contributed by atoms with E-state index in [0.717, 1.165) is 24.1 Å². The Bertz CT molecular complexity index is 640. The van der Waals surface area contributed by atoms with Gasteiger partial charge in [0.15, 0.2) is 0 Å². The second-order valence-corrected chi connectivity index (χ2v) is 4.93. The SMILES string of the molecule is Cc1[nH]ncc1CCCN1C(=O)c2ccccc2C1=O. The minimum absolute atomic E-state index is 0.186. The van der Waals surface area contributed by atoms with Crippen molar-refractivity contribution in [3.63, 3.8) is 0 Å². The zero-order valence-corrected chi connectivity index (χ0v) is 11.2. The van der Waals surface area contributed by atoms with E-state index in [1.807, 2.05) is 6.92 Å². The maximum Gasteiger partial charge on any atom is 0.261 e. The quantitative estimate of drug-likeness (QED) is 0.863. The van der Waals surface area contributed by atoms with E-state index < -0.39 is 0 Å². The minimum Gasteiger partial charge on any atom is -0.283 e. The van der Waals surface area contributed by atoms with Crippen molar-refractivity contribution < 1.29 is 9.59 Å². The van der Waals surface area contributed by atoms with Gasteiger partial charge in [-0.1, -0.05) is 12.1 Å². The fourth-order valence-corrected chi connectivity index (χ4v) is 2.50. The van der Waals surface area contributed by atoms with Gasteiger partial charge in [0.1, 0.15) is 0 Å². The molecule has 3 rings (SSSR count). The van der Waals surface area contributed by atoms with Crippen molar-refractivity contribution in [2.75, 3.05) is 6.54 Å². The second-order valence-electron chi connectivity index (χ2n) is 4.93. The summed E-state index contributed by atoms with van der Waals surface area (Å²) >= 11 is 0. The van der Waals surface area contributed by atoms with Crippen molar-refractivity contribution in [2.45, 2.75) is 19.8 Å². The second kappa shape index (κ2) is 4.92. The summed E-state index contributed by atoms with van der Waals surface area (Å²) in [6, 6.07) is 6.97. The van der Waals surface area contributed by atoms with Crippen LogP contribution >= 0.6 is 0 Å². The molecule has 0 fully saturated rings. The van der Waals surface area contributed by atoms with Gasteiger partial charge in [-0.2, -0.15) is 5.10 Å². The van der Waals surface area contributed by atoms with Crippen LogP contribution in [-0.2, 0) is 6.42 Å². The number of hydrogen-bond donors (Lipinski definition) is 1. The number of aromatic amines is 1. The van der Waals surface area contributed by atoms with Gasteiger partial charge in [0, 0.05) is 12.2 Å². The van der Waals surface area contributed by atoms with Gasteiger partial charge in [0.25, 0.3) is 11.8 Å². The first-order chi connectivity index (χ1) is 9.68. The van der Waals surface area contributed by atoms with Gasteiger partial charge in [-0.25, -0.2) is 0 Å². The van der Waals surface area contributed by atoms with E-state index in [2.05, 4.69) is 10.2 Å². The summed E-state index contributed by atoms with van der Waals surface area (Å²) in [7, 11) is 0. The number of benzene rings is 1. The average molecular weight is 269 g/mol. The first kappa shape index (κ1) is 12.6. The maximum absolute atomic E-state index is 12.2. The highest BCUT2D eigenvalue weighted by Gasteiger charge is 2.34.